The van der Waals surface area contributed by atoms with Gasteiger partial charge in [0, 0.05) is 18.2 Å². The van der Waals surface area contributed by atoms with E-state index in [9.17, 15) is 0 Å². The SMILES string of the molecule is Cc1noc(C)c1CN1CCC[C@H]1c1ccsc1. The Hall–Kier alpha value is -1.13. The smallest absolute Gasteiger partial charge is 0.138 e. The molecule has 0 aromatic carbocycles. The molecule has 0 unspecified atom stereocenters. The van der Waals surface area contributed by atoms with Crippen LogP contribution >= 0.6 is 11.3 Å². The van der Waals surface area contributed by atoms with Crippen LogP contribution in [0.15, 0.2) is 21.3 Å². The lowest BCUT2D eigenvalue weighted by atomic mass is 10.1. The first kappa shape index (κ1) is 11.9. The second-order valence-electron chi connectivity index (χ2n) is 4.99. The number of hydrogen-bond acceptors (Lipinski definition) is 4. The quantitative estimate of drug-likeness (QED) is 0.844. The zero-order chi connectivity index (χ0) is 12.5. The van der Waals surface area contributed by atoms with Crippen LogP contribution in [0.5, 0.6) is 0 Å². The molecule has 3 nitrogen and oxygen atoms in total. The minimum absolute atomic E-state index is 0.574. The fraction of sp³-hybridized carbons (Fsp3) is 0.500. The van der Waals surface area contributed by atoms with E-state index in [1.165, 1.54) is 30.5 Å². The number of aromatic nitrogens is 1. The summed E-state index contributed by atoms with van der Waals surface area (Å²) in [6.45, 7) is 6.17. The van der Waals surface area contributed by atoms with Gasteiger partial charge in [-0.15, -0.1) is 0 Å². The fourth-order valence-corrected chi connectivity index (χ4v) is 3.50. The van der Waals surface area contributed by atoms with E-state index in [1.807, 2.05) is 13.8 Å². The molecule has 1 saturated heterocycles. The summed E-state index contributed by atoms with van der Waals surface area (Å²) in [5.41, 5.74) is 3.75. The largest absolute Gasteiger partial charge is 0.361 e. The maximum atomic E-state index is 5.26. The third kappa shape index (κ3) is 2.10. The molecule has 0 saturated carbocycles. The zero-order valence-corrected chi connectivity index (χ0v) is 11.7. The minimum atomic E-state index is 0.574. The maximum Gasteiger partial charge on any atom is 0.138 e. The van der Waals surface area contributed by atoms with Crippen molar-refractivity contribution in [1.82, 2.24) is 10.1 Å². The van der Waals surface area contributed by atoms with Gasteiger partial charge in [0.1, 0.15) is 5.76 Å². The zero-order valence-electron chi connectivity index (χ0n) is 10.8. The molecule has 0 radical (unpaired) electrons. The summed E-state index contributed by atoms with van der Waals surface area (Å²) in [5, 5.41) is 8.49. The number of nitrogens with zero attached hydrogens (tertiary/aromatic N) is 2. The molecule has 2 aromatic heterocycles. The summed E-state index contributed by atoms with van der Waals surface area (Å²) in [5.74, 6) is 0.962. The van der Waals surface area contributed by atoms with E-state index in [2.05, 4.69) is 26.9 Å². The van der Waals surface area contributed by atoms with Crippen LogP contribution in [0.3, 0.4) is 0 Å². The molecule has 3 heterocycles. The summed E-state index contributed by atoms with van der Waals surface area (Å²) in [6, 6.07) is 2.83. The Labute approximate surface area is 111 Å². The van der Waals surface area contributed by atoms with Crippen molar-refractivity contribution >= 4 is 11.3 Å². The third-order valence-corrected chi connectivity index (χ3v) is 4.54. The summed E-state index contributed by atoms with van der Waals surface area (Å²) >= 11 is 1.79. The Morgan fingerprint density at radius 2 is 2.39 bits per heavy atom. The van der Waals surface area contributed by atoms with E-state index >= 15 is 0 Å². The number of thiophene rings is 1. The maximum absolute atomic E-state index is 5.26. The van der Waals surface area contributed by atoms with Crippen molar-refractivity contribution < 1.29 is 4.52 Å². The van der Waals surface area contributed by atoms with Gasteiger partial charge in [-0.2, -0.15) is 11.3 Å². The highest BCUT2D eigenvalue weighted by molar-refractivity contribution is 7.07. The summed E-state index contributed by atoms with van der Waals surface area (Å²) in [6.07, 6.45) is 2.55. The molecular weight excluding hydrogens is 244 g/mol. The van der Waals surface area contributed by atoms with Gasteiger partial charge in [0.15, 0.2) is 0 Å². The van der Waals surface area contributed by atoms with E-state index in [-0.39, 0.29) is 0 Å². The van der Waals surface area contributed by atoms with E-state index < -0.39 is 0 Å². The third-order valence-electron chi connectivity index (χ3n) is 3.83. The van der Waals surface area contributed by atoms with Crippen LogP contribution in [0.1, 0.15) is 41.5 Å². The lowest BCUT2D eigenvalue weighted by Crippen LogP contribution is -2.23. The minimum Gasteiger partial charge on any atom is -0.361 e. The van der Waals surface area contributed by atoms with E-state index in [0.29, 0.717) is 6.04 Å². The van der Waals surface area contributed by atoms with Crippen LogP contribution in [0.25, 0.3) is 0 Å². The van der Waals surface area contributed by atoms with Crippen LogP contribution in [0.4, 0.5) is 0 Å². The van der Waals surface area contributed by atoms with Crippen LogP contribution in [-0.2, 0) is 6.54 Å². The van der Waals surface area contributed by atoms with E-state index in [1.54, 1.807) is 11.3 Å². The molecule has 1 fully saturated rings. The molecule has 0 N–H and O–H groups in total. The molecule has 3 rings (SSSR count). The van der Waals surface area contributed by atoms with Crippen LogP contribution in [0, 0.1) is 13.8 Å². The van der Waals surface area contributed by atoms with Crippen molar-refractivity contribution in [2.24, 2.45) is 0 Å². The predicted octanol–water partition coefficient (Wildman–Crippen LogP) is 3.69. The second kappa shape index (κ2) is 4.86. The van der Waals surface area contributed by atoms with Gasteiger partial charge in [-0.05, 0) is 55.6 Å². The fourth-order valence-electron chi connectivity index (χ4n) is 2.79. The number of rotatable bonds is 3. The molecule has 0 amide bonds. The first-order valence-corrected chi connectivity index (χ1v) is 7.38. The molecule has 1 aliphatic rings. The molecular formula is C14H18N2OS. The first-order chi connectivity index (χ1) is 8.75. The van der Waals surface area contributed by atoms with Crippen molar-refractivity contribution in [3.05, 3.63) is 39.4 Å². The lowest BCUT2D eigenvalue weighted by molar-refractivity contribution is 0.247. The van der Waals surface area contributed by atoms with Gasteiger partial charge in [-0.25, -0.2) is 0 Å². The second-order valence-corrected chi connectivity index (χ2v) is 5.77. The van der Waals surface area contributed by atoms with Gasteiger partial charge in [-0.1, -0.05) is 5.16 Å². The van der Waals surface area contributed by atoms with Gasteiger partial charge < -0.3 is 4.52 Å². The molecule has 0 spiro atoms. The summed E-state index contributed by atoms with van der Waals surface area (Å²) in [4.78, 5) is 2.55. The van der Waals surface area contributed by atoms with Crippen molar-refractivity contribution in [2.45, 2.75) is 39.3 Å². The highest BCUT2D eigenvalue weighted by Crippen LogP contribution is 2.34. The van der Waals surface area contributed by atoms with Crippen molar-refractivity contribution in [1.29, 1.82) is 0 Å². The van der Waals surface area contributed by atoms with E-state index in [0.717, 1.165) is 18.0 Å². The topological polar surface area (TPSA) is 29.3 Å². The van der Waals surface area contributed by atoms with Gasteiger partial charge in [0.05, 0.1) is 5.69 Å². The molecule has 1 atom stereocenters. The average molecular weight is 262 g/mol. The monoisotopic (exact) mass is 262 g/mol. The number of likely N-dealkylation sites (tertiary alicyclic amines) is 1. The van der Waals surface area contributed by atoms with E-state index in [4.69, 9.17) is 4.52 Å². The average Bonchev–Trinajstić information content (AvgIpc) is 3.06. The Morgan fingerprint density at radius 3 is 3.06 bits per heavy atom. The Balaban J connectivity index is 1.80. The number of hydrogen-bond donors (Lipinski definition) is 0. The molecule has 96 valence electrons. The van der Waals surface area contributed by atoms with Crippen LogP contribution < -0.4 is 0 Å². The Bertz CT molecular complexity index is 498. The predicted molar refractivity (Wildman–Crippen MR) is 72.7 cm³/mol. The van der Waals surface area contributed by atoms with Crippen LogP contribution in [0.2, 0.25) is 0 Å². The first-order valence-electron chi connectivity index (χ1n) is 6.43. The lowest BCUT2D eigenvalue weighted by Gasteiger charge is -2.23. The van der Waals surface area contributed by atoms with Crippen molar-refractivity contribution in [3.63, 3.8) is 0 Å². The van der Waals surface area contributed by atoms with Gasteiger partial charge in [-0.3, -0.25) is 4.90 Å². The Kier molecular flexibility index (Phi) is 3.22. The normalized spacial score (nSPS) is 20.7. The van der Waals surface area contributed by atoms with Crippen molar-refractivity contribution in [3.8, 4) is 0 Å². The molecule has 0 bridgehead atoms. The standard InChI is InChI=1S/C14H18N2OS/c1-10-13(11(2)17-15-10)8-16-6-3-4-14(16)12-5-7-18-9-12/h5,7,9,14H,3-4,6,8H2,1-2H3/t14-/m0/s1. The highest BCUT2D eigenvalue weighted by atomic mass is 32.1. The molecule has 0 aliphatic carbocycles. The molecule has 4 heteroatoms. The van der Waals surface area contributed by atoms with Crippen molar-refractivity contribution in [2.75, 3.05) is 6.54 Å². The number of aryl methyl sites for hydroxylation is 2. The summed E-state index contributed by atoms with van der Waals surface area (Å²) in [7, 11) is 0. The molecule has 18 heavy (non-hydrogen) atoms. The molecule has 2 aromatic rings. The van der Waals surface area contributed by atoms with Gasteiger partial charge >= 0.3 is 0 Å². The summed E-state index contributed by atoms with van der Waals surface area (Å²) < 4.78 is 5.26. The Morgan fingerprint density at radius 1 is 1.50 bits per heavy atom. The van der Waals surface area contributed by atoms with Crippen LogP contribution in [-0.4, -0.2) is 16.6 Å². The van der Waals surface area contributed by atoms with Gasteiger partial charge in [0.25, 0.3) is 0 Å². The highest BCUT2D eigenvalue weighted by Gasteiger charge is 2.27. The van der Waals surface area contributed by atoms with Gasteiger partial charge in [0.2, 0.25) is 0 Å². The molecule has 1 aliphatic heterocycles.